The van der Waals surface area contributed by atoms with Crippen LogP contribution in [0.4, 0.5) is 9.18 Å². The number of hydrogen-bond acceptors (Lipinski definition) is 2. The zero-order chi connectivity index (χ0) is 22.6. The zero-order valence-electron chi connectivity index (χ0n) is 18.2. The highest BCUT2D eigenvalue weighted by Gasteiger charge is 2.37. The van der Waals surface area contributed by atoms with Crippen LogP contribution in [0.15, 0.2) is 91.3 Å². The monoisotopic (exact) mass is 439 g/mol. The summed E-state index contributed by atoms with van der Waals surface area (Å²) in [6, 6.07) is 25.0. The standard InChI is InChI=1S/C28H26FN3O/c29-26-16-20-9-4-5-12-24(20)25(15-19-7-2-1-3-8-19)27(26)32-28(33)31-18-22-11-6-10-21-17-30-14-13-23(21)22/h1-14,17,25-27H,15-16,18H2,(H2,31,32,33). The number of benzene rings is 3. The molecule has 3 unspecified atom stereocenters. The number of nitrogens with zero attached hydrogens (tertiary/aromatic N) is 1. The highest BCUT2D eigenvalue weighted by molar-refractivity contribution is 5.85. The summed E-state index contributed by atoms with van der Waals surface area (Å²) in [6.45, 7) is 0.358. The van der Waals surface area contributed by atoms with Crippen LogP contribution >= 0.6 is 0 Å². The molecule has 0 aliphatic heterocycles. The van der Waals surface area contributed by atoms with Crippen LogP contribution in [0.25, 0.3) is 10.8 Å². The number of pyridine rings is 1. The fourth-order valence-electron chi connectivity index (χ4n) is 4.88. The van der Waals surface area contributed by atoms with Crippen molar-refractivity contribution in [1.82, 2.24) is 15.6 Å². The molecule has 0 spiro atoms. The minimum absolute atomic E-state index is 0.137. The lowest BCUT2D eigenvalue weighted by atomic mass is 9.75. The van der Waals surface area contributed by atoms with Crippen LogP contribution in [0.3, 0.4) is 0 Å². The maximum atomic E-state index is 15.4. The van der Waals surface area contributed by atoms with Crippen molar-refractivity contribution < 1.29 is 9.18 Å². The number of carbonyl (C=O) groups is 1. The lowest BCUT2D eigenvalue weighted by Crippen LogP contribution is -2.52. The summed E-state index contributed by atoms with van der Waals surface area (Å²) in [5.74, 6) is -0.137. The Kier molecular flexibility index (Phi) is 6.03. The number of alkyl halides is 1. The van der Waals surface area contributed by atoms with Crippen molar-refractivity contribution >= 4 is 16.8 Å². The lowest BCUT2D eigenvalue weighted by molar-refractivity contribution is 0.193. The number of nitrogens with one attached hydrogen (secondary N) is 2. The summed E-state index contributed by atoms with van der Waals surface area (Å²) in [5.41, 5.74) is 4.26. The number of hydrogen-bond donors (Lipinski definition) is 2. The molecule has 1 aliphatic carbocycles. The van der Waals surface area contributed by atoms with Crippen molar-refractivity contribution in [3.63, 3.8) is 0 Å². The van der Waals surface area contributed by atoms with Gasteiger partial charge in [0.05, 0.1) is 6.04 Å². The maximum Gasteiger partial charge on any atom is 0.315 e. The van der Waals surface area contributed by atoms with Gasteiger partial charge in [0, 0.05) is 36.7 Å². The molecule has 1 aliphatic rings. The van der Waals surface area contributed by atoms with E-state index in [1.54, 1.807) is 12.4 Å². The van der Waals surface area contributed by atoms with E-state index in [1.165, 1.54) is 0 Å². The van der Waals surface area contributed by atoms with E-state index in [0.717, 1.165) is 33.0 Å². The number of carbonyl (C=O) groups excluding carboxylic acids is 1. The number of urea groups is 1. The average molecular weight is 440 g/mol. The Balaban J connectivity index is 1.34. The van der Waals surface area contributed by atoms with Crippen molar-refractivity contribution in [2.75, 3.05) is 0 Å². The summed E-state index contributed by atoms with van der Waals surface area (Å²) in [5, 5.41) is 7.96. The third-order valence-electron chi connectivity index (χ3n) is 6.50. The maximum absolute atomic E-state index is 15.4. The smallest absolute Gasteiger partial charge is 0.315 e. The fraction of sp³-hybridized carbons (Fsp3) is 0.214. The summed E-state index contributed by atoms with van der Waals surface area (Å²) < 4.78 is 15.4. The molecule has 2 N–H and O–H groups in total. The SMILES string of the molecule is O=C(NCc1cccc2cnccc12)NC1C(F)Cc2ccccc2C1Cc1ccccc1. The van der Waals surface area contributed by atoms with Crippen molar-refractivity contribution in [3.8, 4) is 0 Å². The van der Waals surface area contributed by atoms with Gasteiger partial charge in [-0.1, -0.05) is 72.8 Å². The van der Waals surface area contributed by atoms with Crippen LogP contribution in [0, 0.1) is 0 Å². The number of aromatic nitrogens is 1. The van der Waals surface area contributed by atoms with Crippen molar-refractivity contribution in [2.24, 2.45) is 0 Å². The van der Waals surface area contributed by atoms with Crippen LogP contribution in [-0.2, 0) is 19.4 Å². The molecule has 5 heteroatoms. The average Bonchev–Trinajstić information content (AvgIpc) is 2.85. The molecule has 166 valence electrons. The van der Waals surface area contributed by atoms with Gasteiger partial charge < -0.3 is 10.6 Å². The Labute approximate surface area is 192 Å². The van der Waals surface area contributed by atoms with Gasteiger partial charge >= 0.3 is 6.03 Å². The van der Waals surface area contributed by atoms with Gasteiger partial charge in [-0.3, -0.25) is 4.98 Å². The van der Waals surface area contributed by atoms with E-state index in [9.17, 15) is 4.79 Å². The summed E-state index contributed by atoms with van der Waals surface area (Å²) >= 11 is 0. The lowest BCUT2D eigenvalue weighted by Gasteiger charge is -2.36. The molecule has 5 rings (SSSR count). The van der Waals surface area contributed by atoms with Crippen molar-refractivity contribution in [3.05, 3.63) is 114 Å². The Morgan fingerprint density at radius 2 is 1.79 bits per heavy atom. The normalized spacial score (nSPS) is 19.6. The van der Waals surface area contributed by atoms with Crippen LogP contribution in [0.2, 0.25) is 0 Å². The van der Waals surface area contributed by atoms with Gasteiger partial charge in [-0.15, -0.1) is 0 Å². The zero-order valence-corrected chi connectivity index (χ0v) is 18.2. The van der Waals surface area contributed by atoms with Gasteiger partial charge in [0.15, 0.2) is 0 Å². The van der Waals surface area contributed by atoms with Gasteiger partial charge in [0.1, 0.15) is 6.17 Å². The summed E-state index contributed by atoms with van der Waals surface area (Å²) in [7, 11) is 0. The highest BCUT2D eigenvalue weighted by Crippen LogP contribution is 2.36. The van der Waals surface area contributed by atoms with Gasteiger partial charge in [-0.05, 0) is 40.1 Å². The quantitative estimate of drug-likeness (QED) is 0.442. The molecular weight excluding hydrogens is 413 g/mol. The number of rotatable bonds is 5. The topological polar surface area (TPSA) is 54.0 Å². The van der Waals surface area contributed by atoms with E-state index < -0.39 is 12.2 Å². The summed E-state index contributed by atoms with van der Waals surface area (Å²) in [4.78, 5) is 17.0. The molecule has 1 aromatic heterocycles. The van der Waals surface area contributed by atoms with Gasteiger partial charge in [0.25, 0.3) is 0 Å². The predicted octanol–water partition coefficient (Wildman–Crippen LogP) is 5.32. The van der Waals surface area contributed by atoms with E-state index >= 15 is 4.39 Å². The number of fused-ring (bicyclic) bond motifs is 2. The second-order valence-corrected chi connectivity index (χ2v) is 8.58. The molecule has 2 amide bonds. The molecule has 0 fully saturated rings. The largest absolute Gasteiger partial charge is 0.334 e. The molecule has 0 bridgehead atoms. The molecule has 3 aromatic carbocycles. The molecule has 4 aromatic rings. The Morgan fingerprint density at radius 3 is 2.67 bits per heavy atom. The first kappa shape index (κ1) is 21.1. The number of halogens is 1. The molecule has 3 atom stereocenters. The van der Waals surface area contributed by atoms with Gasteiger partial charge in [-0.2, -0.15) is 0 Å². The van der Waals surface area contributed by atoms with Crippen LogP contribution in [0.1, 0.15) is 28.2 Å². The third kappa shape index (κ3) is 4.58. The van der Waals surface area contributed by atoms with Gasteiger partial charge in [0.2, 0.25) is 0 Å². The van der Waals surface area contributed by atoms with Crippen LogP contribution in [-0.4, -0.2) is 23.2 Å². The Bertz CT molecular complexity index is 1250. The second kappa shape index (κ2) is 9.41. The van der Waals surface area contributed by atoms with Crippen LogP contribution < -0.4 is 10.6 Å². The highest BCUT2D eigenvalue weighted by atomic mass is 19.1. The minimum Gasteiger partial charge on any atom is -0.334 e. The molecule has 33 heavy (non-hydrogen) atoms. The molecule has 0 radical (unpaired) electrons. The Morgan fingerprint density at radius 1 is 0.970 bits per heavy atom. The van der Waals surface area contributed by atoms with E-state index in [2.05, 4.69) is 33.8 Å². The molecule has 4 nitrogen and oxygen atoms in total. The molecule has 1 heterocycles. The first-order chi connectivity index (χ1) is 16.2. The number of amides is 2. The predicted molar refractivity (Wildman–Crippen MR) is 129 cm³/mol. The van der Waals surface area contributed by atoms with E-state index in [-0.39, 0.29) is 11.9 Å². The summed E-state index contributed by atoms with van der Waals surface area (Å²) in [6.07, 6.45) is 3.37. The van der Waals surface area contributed by atoms with Crippen molar-refractivity contribution in [2.45, 2.75) is 37.5 Å². The van der Waals surface area contributed by atoms with E-state index in [4.69, 9.17) is 0 Å². The molecule has 0 saturated heterocycles. The first-order valence-electron chi connectivity index (χ1n) is 11.3. The molecular formula is C28H26FN3O. The fourth-order valence-corrected chi connectivity index (χ4v) is 4.88. The first-order valence-corrected chi connectivity index (χ1v) is 11.3. The van der Waals surface area contributed by atoms with Crippen LogP contribution in [0.5, 0.6) is 0 Å². The van der Waals surface area contributed by atoms with Gasteiger partial charge in [-0.25, -0.2) is 9.18 Å². The minimum atomic E-state index is -1.15. The third-order valence-corrected chi connectivity index (χ3v) is 6.50. The van der Waals surface area contributed by atoms with Crippen molar-refractivity contribution in [1.29, 1.82) is 0 Å². The van der Waals surface area contributed by atoms with E-state index in [0.29, 0.717) is 19.4 Å². The Hall–Kier alpha value is -3.73. The molecule has 0 saturated carbocycles. The van der Waals surface area contributed by atoms with E-state index in [1.807, 2.05) is 60.7 Å². The second-order valence-electron chi connectivity index (χ2n) is 8.58.